The van der Waals surface area contributed by atoms with E-state index in [1.54, 1.807) is 4.57 Å². The summed E-state index contributed by atoms with van der Waals surface area (Å²) in [7, 11) is 2.85. The minimum Gasteiger partial charge on any atom is -0.481 e. The van der Waals surface area contributed by atoms with Gasteiger partial charge >= 0.3 is 17.8 Å². The highest BCUT2D eigenvalue weighted by Crippen LogP contribution is 2.23. The molecule has 12 nitrogen and oxygen atoms in total. The molecule has 0 atom stereocenters. The molecule has 0 saturated heterocycles. The van der Waals surface area contributed by atoms with Crippen molar-refractivity contribution in [3.05, 3.63) is 62.8 Å². The Labute approximate surface area is 218 Å². The summed E-state index contributed by atoms with van der Waals surface area (Å²) in [6.07, 6.45) is 0.744. The van der Waals surface area contributed by atoms with Crippen molar-refractivity contribution >= 4 is 22.9 Å². The van der Waals surface area contributed by atoms with Gasteiger partial charge in [0.25, 0.3) is 5.56 Å². The molecule has 0 radical (unpaired) electrons. The molecule has 0 saturated carbocycles. The molecular weight excluding hydrogens is 492 g/mol. The number of aromatic nitrogens is 5. The van der Waals surface area contributed by atoms with E-state index in [0.29, 0.717) is 36.2 Å². The molecule has 0 aliphatic rings. The first-order valence-electron chi connectivity index (χ1n) is 12.2. The van der Waals surface area contributed by atoms with Crippen molar-refractivity contribution in [1.29, 1.82) is 0 Å². The Balaban J connectivity index is 1.50. The molecule has 0 bridgehead atoms. The fourth-order valence-electron chi connectivity index (χ4n) is 4.04. The number of anilines is 1. The van der Waals surface area contributed by atoms with Crippen molar-refractivity contribution < 1.29 is 19.0 Å². The maximum Gasteiger partial charge on any atom is 0.413 e. The van der Waals surface area contributed by atoms with Crippen LogP contribution in [0.3, 0.4) is 0 Å². The minimum atomic E-state index is -0.704. The quantitative estimate of drug-likeness (QED) is 0.322. The number of benzene rings is 1. The maximum absolute atomic E-state index is 13.0. The Bertz CT molecular complexity index is 1530. The van der Waals surface area contributed by atoms with E-state index >= 15 is 0 Å². The molecule has 38 heavy (non-hydrogen) atoms. The molecule has 0 spiro atoms. The Kier molecular flexibility index (Phi) is 8.09. The van der Waals surface area contributed by atoms with Crippen LogP contribution in [0.25, 0.3) is 22.3 Å². The van der Waals surface area contributed by atoms with E-state index in [0.717, 1.165) is 17.5 Å². The largest absolute Gasteiger partial charge is 0.481 e. The zero-order chi connectivity index (χ0) is 27.2. The van der Waals surface area contributed by atoms with Gasteiger partial charge in [0.2, 0.25) is 5.88 Å². The molecule has 2 N–H and O–H groups in total. The van der Waals surface area contributed by atoms with Gasteiger partial charge in [-0.3, -0.25) is 19.2 Å². The number of H-pyrrole nitrogens is 1. The standard InChI is InChI=1S/C26H30N6O6/c1-5-11-31-19-13-18(27-22(19)23(33)32(12-6-2)26(31)35)17-9-7-16(8-10-17)15-38-25(34)29-20-14-21(36-3)30-24(28-20)37-4/h7-10,13-14,27H,5-6,11-12,15H2,1-4H3,(H,28,29,30,34). The molecule has 1 amide bonds. The van der Waals surface area contributed by atoms with Crippen LogP contribution in [0.5, 0.6) is 11.9 Å². The van der Waals surface area contributed by atoms with Crippen LogP contribution in [0.15, 0.2) is 46.0 Å². The summed E-state index contributed by atoms with van der Waals surface area (Å²) in [6.45, 7) is 4.83. The molecule has 12 heteroatoms. The van der Waals surface area contributed by atoms with Gasteiger partial charge in [-0.25, -0.2) is 9.59 Å². The molecule has 4 aromatic rings. The lowest BCUT2D eigenvalue weighted by atomic mass is 10.1. The lowest BCUT2D eigenvalue weighted by Crippen LogP contribution is -2.39. The van der Waals surface area contributed by atoms with Gasteiger partial charge in [-0.2, -0.15) is 9.97 Å². The Morgan fingerprint density at radius 1 is 0.974 bits per heavy atom. The van der Waals surface area contributed by atoms with Crippen molar-refractivity contribution in [2.45, 2.75) is 46.4 Å². The Morgan fingerprint density at radius 2 is 1.68 bits per heavy atom. The molecule has 200 valence electrons. The number of amides is 1. The van der Waals surface area contributed by atoms with Crippen molar-refractivity contribution in [2.75, 3.05) is 19.5 Å². The van der Waals surface area contributed by atoms with E-state index in [1.165, 1.54) is 24.9 Å². The molecule has 4 rings (SSSR count). The van der Waals surface area contributed by atoms with Gasteiger partial charge < -0.3 is 19.2 Å². The summed E-state index contributed by atoms with van der Waals surface area (Å²) in [5.74, 6) is 0.406. The van der Waals surface area contributed by atoms with Crippen LogP contribution in [-0.4, -0.2) is 44.4 Å². The molecular formula is C26H30N6O6. The number of nitrogens with zero attached hydrogens (tertiary/aromatic N) is 4. The fourth-order valence-corrected chi connectivity index (χ4v) is 4.04. The van der Waals surface area contributed by atoms with Crippen LogP contribution >= 0.6 is 0 Å². The molecule has 0 unspecified atom stereocenters. The monoisotopic (exact) mass is 522 g/mol. The second-order valence-corrected chi connectivity index (χ2v) is 8.51. The zero-order valence-electron chi connectivity index (χ0n) is 21.7. The SMILES string of the molecule is CCCn1c(=O)c2[nH]c(-c3ccc(COC(=O)Nc4cc(OC)nc(OC)n4)cc3)cc2n(CCC)c1=O. The van der Waals surface area contributed by atoms with Crippen molar-refractivity contribution in [3.63, 3.8) is 0 Å². The number of aryl methyl sites for hydroxylation is 1. The van der Waals surface area contributed by atoms with Crippen LogP contribution in [0.2, 0.25) is 0 Å². The second kappa shape index (κ2) is 11.6. The number of nitrogens with one attached hydrogen (secondary N) is 2. The normalized spacial score (nSPS) is 10.9. The Hall–Kier alpha value is -4.61. The van der Waals surface area contributed by atoms with E-state index in [-0.39, 0.29) is 35.6 Å². The van der Waals surface area contributed by atoms with E-state index in [9.17, 15) is 14.4 Å². The van der Waals surface area contributed by atoms with Gasteiger partial charge in [0.05, 0.1) is 19.7 Å². The predicted molar refractivity (Wildman–Crippen MR) is 142 cm³/mol. The molecule has 3 heterocycles. The maximum atomic E-state index is 13.0. The number of fused-ring (bicyclic) bond motifs is 1. The van der Waals surface area contributed by atoms with Crippen molar-refractivity contribution in [2.24, 2.45) is 0 Å². The van der Waals surface area contributed by atoms with Crippen LogP contribution in [0.1, 0.15) is 32.3 Å². The predicted octanol–water partition coefficient (Wildman–Crippen LogP) is 3.53. The number of hydrogen-bond acceptors (Lipinski definition) is 8. The summed E-state index contributed by atoms with van der Waals surface area (Å²) in [6, 6.07) is 10.7. The average molecular weight is 523 g/mol. The van der Waals surface area contributed by atoms with Crippen LogP contribution < -0.4 is 26.0 Å². The summed E-state index contributed by atoms with van der Waals surface area (Å²) in [4.78, 5) is 49.4. The highest BCUT2D eigenvalue weighted by atomic mass is 16.5. The van der Waals surface area contributed by atoms with Crippen LogP contribution in [-0.2, 0) is 24.4 Å². The number of hydrogen-bond donors (Lipinski definition) is 2. The van der Waals surface area contributed by atoms with Crippen molar-refractivity contribution in [1.82, 2.24) is 24.1 Å². The van der Waals surface area contributed by atoms with Gasteiger partial charge in [0.15, 0.2) is 0 Å². The summed E-state index contributed by atoms with van der Waals surface area (Å²) in [5, 5.41) is 2.52. The highest BCUT2D eigenvalue weighted by molar-refractivity contribution is 5.84. The fraction of sp³-hybridized carbons (Fsp3) is 0.346. The van der Waals surface area contributed by atoms with Gasteiger partial charge in [-0.1, -0.05) is 38.1 Å². The Morgan fingerprint density at radius 3 is 2.34 bits per heavy atom. The lowest BCUT2D eigenvalue weighted by Gasteiger charge is -2.10. The first-order chi connectivity index (χ1) is 18.4. The van der Waals surface area contributed by atoms with E-state index in [1.807, 2.05) is 44.2 Å². The number of carbonyl (C=O) groups is 1. The highest BCUT2D eigenvalue weighted by Gasteiger charge is 2.16. The molecule has 1 aromatic carbocycles. The first kappa shape index (κ1) is 26.5. The van der Waals surface area contributed by atoms with Crippen molar-refractivity contribution in [3.8, 4) is 23.1 Å². The van der Waals surface area contributed by atoms with Crippen LogP contribution in [0.4, 0.5) is 10.6 Å². The van der Waals surface area contributed by atoms with E-state index in [4.69, 9.17) is 14.2 Å². The topological polar surface area (TPSA) is 142 Å². The smallest absolute Gasteiger partial charge is 0.413 e. The summed E-state index contributed by atoms with van der Waals surface area (Å²) in [5.41, 5.74) is 2.68. The van der Waals surface area contributed by atoms with E-state index in [2.05, 4.69) is 20.3 Å². The number of methoxy groups -OCH3 is 2. The molecule has 0 aliphatic carbocycles. The molecule has 0 aliphatic heterocycles. The zero-order valence-corrected chi connectivity index (χ0v) is 21.7. The molecule has 0 fully saturated rings. The lowest BCUT2D eigenvalue weighted by molar-refractivity contribution is 0.155. The second-order valence-electron chi connectivity index (χ2n) is 8.51. The van der Waals surface area contributed by atoms with E-state index < -0.39 is 6.09 Å². The number of aromatic amines is 1. The van der Waals surface area contributed by atoms with Gasteiger partial charge in [0, 0.05) is 24.8 Å². The number of carbonyl (C=O) groups excluding carboxylic acids is 1. The molecule has 3 aromatic heterocycles. The third kappa shape index (κ3) is 5.53. The summed E-state index contributed by atoms with van der Waals surface area (Å²) < 4.78 is 18.3. The average Bonchev–Trinajstić information content (AvgIpc) is 3.38. The minimum absolute atomic E-state index is 0.0237. The van der Waals surface area contributed by atoms with Gasteiger partial charge in [-0.05, 0) is 30.0 Å². The number of ether oxygens (including phenoxy) is 3. The third-order valence-electron chi connectivity index (χ3n) is 5.84. The first-order valence-corrected chi connectivity index (χ1v) is 12.2. The third-order valence-corrected chi connectivity index (χ3v) is 5.84. The van der Waals surface area contributed by atoms with Gasteiger partial charge in [0.1, 0.15) is 17.9 Å². The summed E-state index contributed by atoms with van der Waals surface area (Å²) >= 11 is 0. The van der Waals surface area contributed by atoms with Crippen LogP contribution in [0, 0.1) is 0 Å². The number of rotatable bonds is 10. The van der Waals surface area contributed by atoms with Gasteiger partial charge in [-0.15, -0.1) is 0 Å².